The topological polar surface area (TPSA) is 52.0 Å². The lowest BCUT2D eigenvalue weighted by atomic mass is 10.2. The maximum absolute atomic E-state index is 5.40. The number of hydrogen-bond donors (Lipinski definition) is 1. The minimum absolute atomic E-state index is 0.390. The molecule has 0 fully saturated rings. The number of hydrogen-bond acceptors (Lipinski definition) is 4. The van der Waals surface area contributed by atoms with Crippen LogP contribution in [0.5, 0.6) is 0 Å². The third kappa shape index (κ3) is 2.09. The molecule has 4 heteroatoms. The summed E-state index contributed by atoms with van der Waals surface area (Å²) in [6.45, 7) is 0. The lowest BCUT2D eigenvalue weighted by molar-refractivity contribution is 0.427. The van der Waals surface area contributed by atoms with Gasteiger partial charge in [0.1, 0.15) is 0 Å². The van der Waals surface area contributed by atoms with E-state index in [1.165, 1.54) is 4.88 Å². The fourth-order valence-corrected chi connectivity index (χ4v) is 1.86. The van der Waals surface area contributed by atoms with Crippen LogP contribution >= 0.6 is 11.3 Å². The zero-order valence-electron chi connectivity index (χ0n) is 7.06. The van der Waals surface area contributed by atoms with E-state index in [9.17, 15) is 0 Å². The van der Waals surface area contributed by atoms with Gasteiger partial charge in [0.05, 0.1) is 5.69 Å². The Bertz CT molecular complexity index is 367. The first-order chi connectivity index (χ1) is 6.34. The van der Waals surface area contributed by atoms with Crippen molar-refractivity contribution in [1.29, 1.82) is 0 Å². The summed E-state index contributed by atoms with van der Waals surface area (Å²) in [5, 5.41) is 5.90. The highest BCUT2D eigenvalue weighted by Crippen LogP contribution is 2.13. The number of nitrogens with zero attached hydrogens (tertiary/aromatic N) is 1. The summed E-state index contributed by atoms with van der Waals surface area (Å²) in [6, 6.07) is 5.94. The van der Waals surface area contributed by atoms with Crippen molar-refractivity contribution < 1.29 is 4.52 Å². The summed E-state index contributed by atoms with van der Waals surface area (Å²) in [5.74, 6) is 0.390. The van der Waals surface area contributed by atoms with Crippen LogP contribution in [0.1, 0.15) is 10.6 Å². The molecule has 13 heavy (non-hydrogen) atoms. The molecule has 0 bridgehead atoms. The smallest absolute Gasteiger partial charge is 0.222 e. The predicted molar refractivity (Wildman–Crippen MR) is 52.6 cm³/mol. The lowest BCUT2D eigenvalue weighted by Gasteiger charge is -1.91. The molecule has 0 aliphatic heterocycles. The summed E-state index contributed by atoms with van der Waals surface area (Å²) in [4.78, 5) is 1.36. The average Bonchev–Trinajstić information content (AvgIpc) is 2.71. The van der Waals surface area contributed by atoms with Crippen molar-refractivity contribution >= 4 is 17.2 Å². The van der Waals surface area contributed by atoms with E-state index in [2.05, 4.69) is 22.7 Å². The van der Waals surface area contributed by atoms with E-state index in [1.54, 1.807) is 17.4 Å². The van der Waals surface area contributed by atoms with E-state index in [0.29, 0.717) is 5.88 Å². The van der Waals surface area contributed by atoms with Crippen molar-refractivity contribution in [2.24, 2.45) is 0 Å². The van der Waals surface area contributed by atoms with Gasteiger partial charge >= 0.3 is 0 Å². The monoisotopic (exact) mass is 194 g/mol. The van der Waals surface area contributed by atoms with E-state index >= 15 is 0 Å². The van der Waals surface area contributed by atoms with Crippen molar-refractivity contribution in [1.82, 2.24) is 5.16 Å². The molecular formula is C9H10N2OS. The molecule has 0 aromatic carbocycles. The van der Waals surface area contributed by atoms with Crippen LogP contribution in [0.2, 0.25) is 0 Å². The predicted octanol–water partition coefficient (Wildman–Crippen LogP) is 2.10. The van der Waals surface area contributed by atoms with Gasteiger partial charge in [0.2, 0.25) is 5.88 Å². The Morgan fingerprint density at radius 3 is 3.00 bits per heavy atom. The molecule has 0 spiro atoms. The summed E-state index contributed by atoms with van der Waals surface area (Å²) in [7, 11) is 0. The zero-order chi connectivity index (χ0) is 9.10. The fourth-order valence-electron chi connectivity index (χ4n) is 1.15. The summed E-state index contributed by atoms with van der Waals surface area (Å²) in [5.41, 5.74) is 6.32. The van der Waals surface area contributed by atoms with Gasteiger partial charge in [-0.25, -0.2) is 0 Å². The second-order valence-corrected chi connectivity index (χ2v) is 3.83. The average molecular weight is 194 g/mol. The van der Waals surface area contributed by atoms with E-state index in [4.69, 9.17) is 10.3 Å². The SMILES string of the molecule is Nc1cc(CCc2cccs2)no1. The maximum Gasteiger partial charge on any atom is 0.222 e. The summed E-state index contributed by atoms with van der Waals surface area (Å²) in [6.07, 6.45) is 1.89. The molecule has 2 rings (SSSR count). The normalized spacial score (nSPS) is 10.5. The van der Waals surface area contributed by atoms with Crippen molar-refractivity contribution in [3.8, 4) is 0 Å². The minimum atomic E-state index is 0.390. The van der Waals surface area contributed by atoms with Gasteiger partial charge in [-0.1, -0.05) is 11.2 Å². The molecule has 3 nitrogen and oxygen atoms in total. The first-order valence-corrected chi connectivity index (χ1v) is 4.96. The number of thiophene rings is 1. The van der Waals surface area contributed by atoms with E-state index in [-0.39, 0.29) is 0 Å². The fraction of sp³-hybridized carbons (Fsp3) is 0.222. The number of rotatable bonds is 3. The Hall–Kier alpha value is -1.29. The van der Waals surface area contributed by atoms with Gasteiger partial charge in [-0.3, -0.25) is 0 Å². The van der Waals surface area contributed by atoms with E-state index in [0.717, 1.165) is 18.5 Å². The van der Waals surface area contributed by atoms with Gasteiger partial charge < -0.3 is 10.3 Å². The molecule has 0 saturated heterocycles. The third-order valence-electron chi connectivity index (χ3n) is 1.78. The van der Waals surface area contributed by atoms with E-state index in [1.807, 2.05) is 0 Å². The van der Waals surface area contributed by atoms with Crippen LogP contribution in [0, 0.1) is 0 Å². The van der Waals surface area contributed by atoms with Crippen LogP contribution in [0.25, 0.3) is 0 Å². The second-order valence-electron chi connectivity index (χ2n) is 2.80. The van der Waals surface area contributed by atoms with Gasteiger partial charge in [-0.15, -0.1) is 11.3 Å². The number of aryl methyl sites for hydroxylation is 2. The summed E-state index contributed by atoms with van der Waals surface area (Å²) < 4.78 is 4.77. The number of aromatic nitrogens is 1. The van der Waals surface area contributed by atoms with Crippen molar-refractivity contribution in [3.05, 3.63) is 34.2 Å². The van der Waals surface area contributed by atoms with Crippen LogP contribution in [0.4, 0.5) is 5.88 Å². The van der Waals surface area contributed by atoms with Gasteiger partial charge in [0.25, 0.3) is 0 Å². The Kier molecular flexibility index (Phi) is 2.31. The molecule has 2 heterocycles. The highest BCUT2D eigenvalue weighted by molar-refractivity contribution is 7.09. The molecule has 68 valence electrons. The first kappa shape index (κ1) is 8.31. The largest absolute Gasteiger partial charge is 0.368 e. The van der Waals surface area contributed by atoms with Gasteiger partial charge in [-0.05, 0) is 24.3 Å². The molecule has 0 saturated carbocycles. The molecule has 0 aliphatic carbocycles. The Morgan fingerprint density at radius 1 is 1.46 bits per heavy atom. The highest BCUT2D eigenvalue weighted by atomic mass is 32.1. The first-order valence-electron chi connectivity index (χ1n) is 4.08. The third-order valence-corrected chi connectivity index (χ3v) is 2.72. The highest BCUT2D eigenvalue weighted by Gasteiger charge is 2.01. The van der Waals surface area contributed by atoms with Gasteiger partial charge in [0.15, 0.2) is 0 Å². The Morgan fingerprint density at radius 2 is 2.38 bits per heavy atom. The number of nitrogen functional groups attached to an aromatic ring is 1. The second kappa shape index (κ2) is 3.62. The van der Waals surface area contributed by atoms with E-state index < -0.39 is 0 Å². The summed E-state index contributed by atoms with van der Waals surface area (Å²) >= 11 is 1.76. The molecule has 2 aromatic rings. The van der Waals surface area contributed by atoms with Crippen molar-refractivity contribution in [3.63, 3.8) is 0 Å². The molecule has 0 aliphatic rings. The standard InChI is InChI=1S/C9H10N2OS/c10-9-6-7(11-12-9)3-4-8-2-1-5-13-8/h1-2,5-6H,3-4,10H2. The zero-order valence-corrected chi connectivity index (χ0v) is 7.88. The Labute approximate surface area is 80.2 Å². The van der Waals surface area contributed by atoms with Gasteiger partial charge in [-0.2, -0.15) is 0 Å². The molecule has 2 aromatic heterocycles. The molecule has 0 unspecified atom stereocenters. The molecule has 0 radical (unpaired) electrons. The quantitative estimate of drug-likeness (QED) is 0.814. The minimum Gasteiger partial charge on any atom is -0.368 e. The molecule has 0 atom stereocenters. The molecule has 2 N–H and O–H groups in total. The Balaban J connectivity index is 1.93. The maximum atomic E-state index is 5.40. The van der Waals surface area contributed by atoms with Crippen LogP contribution in [0.3, 0.4) is 0 Å². The van der Waals surface area contributed by atoms with Crippen LogP contribution in [-0.2, 0) is 12.8 Å². The lowest BCUT2D eigenvalue weighted by Crippen LogP contribution is -1.88. The van der Waals surface area contributed by atoms with Gasteiger partial charge in [0, 0.05) is 10.9 Å². The van der Waals surface area contributed by atoms with Crippen LogP contribution in [-0.4, -0.2) is 5.16 Å². The number of nitrogens with two attached hydrogens (primary N) is 1. The van der Waals surface area contributed by atoms with Crippen LogP contribution in [0.15, 0.2) is 28.1 Å². The van der Waals surface area contributed by atoms with Crippen molar-refractivity contribution in [2.45, 2.75) is 12.8 Å². The molecular weight excluding hydrogens is 184 g/mol. The van der Waals surface area contributed by atoms with Crippen molar-refractivity contribution in [2.75, 3.05) is 5.73 Å². The van der Waals surface area contributed by atoms with Crippen LogP contribution < -0.4 is 5.73 Å². The number of anilines is 1. The molecule has 0 amide bonds.